The highest BCUT2D eigenvalue weighted by atomic mass is 35.5. The van der Waals surface area contributed by atoms with E-state index < -0.39 is 0 Å². The van der Waals surface area contributed by atoms with Gasteiger partial charge in [0.15, 0.2) is 0 Å². The molecule has 1 aromatic heterocycles. The van der Waals surface area contributed by atoms with Crippen LogP contribution in [0.15, 0.2) is 29.4 Å². The van der Waals surface area contributed by atoms with Gasteiger partial charge in [-0.25, -0.2) is 4.98 Å². The Kier molecular flexibility index (Phi) is 4.83. The minimum atomic E-state index is 0.160. The van der Waals surface area contributed by atoms with Gasteiger partial charge < -0.3 is 10.6 Å². The topological polar surface area (TPSA) is 79.4 Å². The minimum absolute atomic E-state index is 0.160. The number of nitrogens with two attached hydrogens (primary N) is 1. The van der Waals surface area contributed by atoms with E-state index in [1.165, 1.54) is 0 Å². The number of halogens is 2. The number of anilines is 3. The number of nitrogens with zero attached hydrogens (tertiary/aromatic N) is 4. The number of para-hydroxylation sites is 1. The van der Waals surface area contributed by atoms with Gasteiger partial charge in [-0.15, -0.1) is 0 Å². The molecule has 0 unspecified atom stereocenters. The van der Waals surface area contributed by atoms with Crippen LogP contribution in [0.3, 0.4) is 0 Å². The molecule has 0 radical (unpaired) electrons. The third-order valence-electron chi connectivity index (χ3n) is 3.55. The van der Waals surface area contributed by atoms with Gasteiger partial charge in [0.25, 0.3) is 0 Å². The van der Waals surface area contributed by atoms with Crippen molar-refractivity contribution in [3.8, 4) is 0 Å². The fourth-order valence-corrected chi connectivity index (χ4v) is 2.84. The number of rotatable bonds is 4. The molecule has 1 aromatic carbocycles. The van der Waals surface area contributed by atoms with Crippen LogP contribution >= 0.6 is 23.2 Å². The maximum Gasteiger partial charge on any atom is 0.223 e. The number of nitrogen functional groups attached to an aromatic ring is 1. The molecule has 120 valence electrons. The first-order valence-electron chi connectivity index (χ1n) is 7.26. The summed E-state index contributed by atoms with van der Waals surface area (Å²) in [4.78, 5) is 10.5. The highest BCUT2D eigenvalue weighted by Gasteiger charge is 2.20. The van der Waals surface area contributed by atoms with Crippen LogP contribution in [0.1, 0.15) is 18.4 Å². The summed E-state index contributed by atoms with van der Waals surface area (Å²) in [6.45, 7) is 1.84. The zero-order valence-corrected chi connectivity index (χ0v) is 13.8. The van der Waals surface area contributed by atoms with Crippen molar-refractivity contribution in [3.05, 3.63) is 40.0 Å². The fourth-order valence-electron chi connectivity index (χ4n) is 2.45. The number of aromatic nitrogens is 2. The van der Waals surface area contributed by atoms with Crippen molar-refractivity contribution in [1.82, 2.24) is 9.97 Å². The van der Waals surface area contributed by atoms with Crippen molar-refractivity contribution in [3.63, 3.8) is 0 Å². The number of hydrazone groups is 1. The minimum Gasteiger partial charge on any atom is -0.368 e. The first-order valence-corrected chi connectivity index (χ1v) is 8.02. The lowest BCUT2D eigenvalue weighted by Gasteiger charge is -2.19. The maximum absolute atomic E-state index is 6.22. The lowest BCUT2D eigenvalue weighted by Crippen LogP contribution is -2.22. The Morgan fingerprint density at radius 2 is 1.91 bits per heavy atom. The van der Waals surface area contributed by atoms with Gasteiger partial charge in [0, 0.05) is 13.1 Å². The van der Waals surface area contributed by atoms with E-state index in [0.717, 1.165) is 25.9 Å². The van der Waals surface area contributed by atoms with Crippen LogP contribution in [-0.4, -0.2) is 29.3 Å². The molecule has 0 amide bonds. The van der Waals surface area contributed by atoms with Crippen molar-refractivity contribution in [2.75, 3.05) is 29.1 Å². The van der Waals surface area contributed by atoms with Gasteiger partial charge in [-0.3, -0.25) is 5.43 Å². The molecule has 0 spiro atoms. The average molecular weight is 351 g/mol. The van der Waals surface area contributed by atoms with Crippen molar-refractivity contribution < 1.29 is 0 Å². The highest BCUT2D eigenvalue weighted by molar-refractivity contribution is 6.33. The van der Waals surface area contributed by atoms with Crippen molar-refractivity contribution in [2.45, 2.75) is 12.8 Å². The number of benzene rings is 1. The van der Waals surface area contributed by atoms with Crippen LogP contribution in [0, 0.1) is 0 Å². The van der Waals surface area contributed by atoms with Crippen molar-refractivity contribution >= 4 is 46.9 Å². The average Bonchev–Trinajstić information content (AvgIpc) is 3.05. The smallest absolute Gasteiger partial charge is 0.223 e. The normalized spacial score (nSPS) is 14.6. The predicted octanol–water partition coefficient (Wildman–Crippen LogP) is 3.41. The number of hydrogen-bond acceptors (Lipinski definition) is 6. The molecule has 1 fully saturated rings. The first-order chi connectivity index (χ1) is 11.1. The highest BCUT2D eigenvalue weighted by Crippen LogP contribution is 2.27. The molecular formula is C15H16Cl2N6. The summed E-state index contributed by atoms with van der Waals surface area (Å²) in [5.74, 6) is 0.873. The lowest BCUT2D eigenvalue weighted by molar-refractivity contribution is 0.929. The second-order valence-electron chi connectivity index (χ2n) is 5.15. The Balaban J connectivity index is 1.86. The third-order valence-corrected chi connectivity index (χ3v) is 4.17. The van der Waals surface area contributed by atoms with E-state index in [1.807, 2.05) is 18.2 Å². The Morgan fingerprint density at radius 3 is 2.65 bits per heavy atom. The van der Waals surface area contributed by atoms with Crippen LogP contribution in [0.25, 0.3) is 0 Å². The van der Waals surface area contributed by atoms with Crippen molar-refractivity contribution in [1.29, 1.82) is 0 Å². The van der Waals surface area contributed by atoms with Gasteiger partial charge in [0.2, 0.25) is 5.95 Å². The largest absolute Gasteiger partial charge is 0.368 e. The van der Waals surface area contributed by atoms with E-state index >= 15 is 0 Å². The van der Waals surface area contributed by atoms with Gasteiger partial charge in [0.1, 0.15) is 11.0 Å². The van der Waals surface area contributed by atoms with Crippen LogP contribution in [-0.2, 0) is 0 Å². The van der Waals surface area contributed by atoms with E-state index in [4.69, 9.17) is 28.9 Å². The number of nitrogens with one attached hydrogen (secondary N) is 1. The zero-order valence-electron chi connectivity index (χ0n) is 12.3. The molecule has 6 nitrogen and oxygen atoms in total. The Bertz CT molecular complexity index is 728. The van der Waals surface area contributed by atoms with E-state index in [0.29, 0.717) is 22.1 Å². The van der Waals surface area contributed by atoms with Crippen LogP contribution in [0.2, 0.25) is 10.2 Å². The summed E-state index contributed by atoms with van der Waals surface area (Å²) in [5, 5.41) is 5.07. The molecule has 3 N–H and O–H groups in total. The Morgan fingerprint density at radius 1 is 1.17 bits per heavy atom. The summed E-state index contributed by atoms with van der Waals surface area (Å²) in [5.41, 5.74) is 9.97. The molecule has 0 aliphatic carbocycles. The third kappa shape index (κ3) is 3.65. The van der Waals surface area contributed by atoms with E-state index in [2.05, 4.69) is 25.4 Å². The standard InChI is InChI=1S/C15H16Cl2N6/c16-11-5-1-2-6-12(11)22-19-9-10-13(17)20-15(18)21-14(10)23-7-3-4-8-23/h1-2,5-6,9,22H,3-4,7-8H2,(H2,18,20,21)/b19-9+. The van der Waals surface area contributed by atoms with Gasteiger partial charge >= 0.3 is 0 Å². The lowest BCUT2D eigenvalue weighted by atomic mass is 10.3. The van der Waals surface area contributed by atoms with Gasteiger partial charge in [-0.05, 0) is 25.0 Å². The second kappa shape index (κ2) is 7.02. The fraction of sp³-hybridized carbons (Fsp3) is 0.267. The Labute approximate surface area is 144 Å². The van der Waals surface area contributed by atoms with Crippen LogP contribution < -0.4 is 16.1 Å². The van der Waals surface area contributed by atoms with Crippen molar-refractivity contribution in [2.24, 2.45) is 5.10 Å². The molecule has 1 aliphatic rings. The maximum atomic E-state index is 6.22. The van der Waals surface area contributed by atoms with Gasteiger partial charge in [-0.2, -0.15) is 10.1 Å². The molecule has 23 heavy (non-hydrogen) atoms. The molecular weight excluding hydrogens is 335 g/mol. The molecule has 1 aliphatic heterocycles. The Hall–Kier alpha value is -2.05. The van der Waals surface area contributed by atoms with E-state index in [9.17, 15) is 0 Å². The predicted molar refractivity (Wildman–Crippen MR) is 95.6 cm³/mol. The monoisotopic (exact) mass is 350 g/mol. The quantitative estimate of drug-likeness (QED) is 0.501. The summed E-state index contributed by atoms with van der Waals surface area (Å²) < 4.78 is 0. The summed E-state index contributed by atoms with van der Waals surface area (Å²) in [7, 11) is 0. The molecule has 3 rings (SSSR count). The molecule has 0 saturated carbocycles. The molecule has 2 aromatic rings. The molecule has 0 atom stereocenters. The van der Waals surface area contributed by atoms with E-state index in [-0.39, 0.29) is 11.1 Å². The molecule has 1 saturated heterocycles. The molecule has 0 bridgehead atoms. The number of hydrogen-bond donors (Lipinski definition) is 2. The zero-order chi connectivity index (χ0) is 16.2. The SMILES string of the molecule is Nc1nc(Cl)c(/C=N/Nc2ccccc2Cl)c(N2CCCC2)n1. The van der Waals surface area contributed by atoms with Crippen LogP contribution in [0.5, 0.6) is 0 Å². The summed E-state index contributed by atoms with van der Waals surface area (Å²) >= 11 is 12.3. The van der Waals surface area contributed by atoms with Gasteiger partial charge in [-0.1, -0.05) is 35.3 Å². The first kappa shape index (κ1) is 15.8. The van der Waals surface area contributed by atoms with Gasteiger partial charge in [0.05, 0.1) is 22.5 Å². The summed E-state index contributed by atoms with van der Waals surface area (Å²) in [6.07, 6.45) is 3.84. The second-order valence-corrected chi connectivity index (χ2v) is 5.92. The molecule has 8 heteroatoms. The summed E-state index contributed by atoms with van der Waals surface area (Å²) in [6, 6.07) is 7.35. The molecule has 2 heterocycles. The van der Waals surface area contributed by atoms with E-state index in [1.54, 1.807) is 12.3 Å². The van der Waals surface area contributed by atoms with Crippen LogP contribution in [0.4, 0.5) is 17.5 Å².